The molecule has 0 bridgehead atoms. The average Bonchev–Trinajstić information content (AvgIpc) is 2.67. The number of rotatable bonds is 6. The number of para-hydroxylation sites is 2. The SMILES string of the molecule is CCCNc1nc2ccccc2nc1C(C#N)S(=O)(=O)c1ccc(Cl)cc1. The van der Waals surface area contributed by atoms with Gasteiger partial charge in [-0.3, -0.25) is 0 Å². The molecule has 3 aromatic rings. The number of benzene rings is 2. The van der Waals surface area contributed by atoms with Crippen molar-refractivity contribution in [1.29, 1.82) is 5.26 Å². The summed E-state index contributed by atoms with van der Waals surface area (Å²) in [6.45, 7) is 2.56. The zero-order valence-corrected chi connectivity index (χ0v) is 16.1. The number of nitrogens with one attached hydrogen (secondary N) is 1. The lowest BCUT2D eigenvalue weighted by Crippen LogP contribution is -2.17. The van der Waals surface area contributed by atoms with Crippen LogP contribution in [0.1, 0.15) is 24.3 Å². The van der Waals surface area contributed by atoms with E-state index in [0.717, 1.165) is 6.42 Å². The highest BCUT2D eigenvalue weighted by atomic mass is 35.5. The maximum Gasteiger partial charge on any atom is 0.200 e. The fourth-order valence-corrected chi connectivity index (χ4v) is 4.12. The standard InChI is InChI=1S/C19H17ClN4O2S/c1-2-11-22-19-18(23-15-5-3-4-6-16(15)24-19)17(12-21)27(25,26)14-9-7-13(20)8-10-14/h3-10,17H,2,11H2,1H3,(H,22,24). The van der Waals surface area contributed by atoms with Gasteiger partial charge in [-0.25, -0.2) is 18.4 Å². The fraction of sp³-hybridized carbons (Fsp3) is 0.211. The molecule has 1 N–H and O–H groups in total. The zero-order chi connectivity index (χ0) is 19.4. The maximum atomic E-state index is 13.1. The van der Waals surface area contributed by atoms with Crippen LogP contribution in [0.4, 0.5) is 5.82 Å². The molecule has 1 unspecified atom stereocenters. The van der Waals surface area contributed by atoms with Crippen LogP contribution in [-0.4, -0.2) is 24.9 Å². The second-order valence-electron chi connectivity index (χ2n) is 5.88. The van der Waals surface area contributed by atoms with Crippen molar-refractivity contribution in [3.05, 3.63) is 59.2 Å². The van der Waals surface area contributed by atoms with Gasteiger partial charge in [0.15, 0.2) is 11.1 Å². The van der Waals surface area contributed by atoms with Gasteiger partial charge in [0.1, 0.15) is 5.69 Å². The summed E-state index contributed by atoms with van der Waals surface area (Å²) >= 11 is 5.85. The average molecular weight is 401 g/mol. The van der Waals surface area contributed by atoms with Crippen LogP contribution in [0.15, 0.2) is 53.4 Å². The van der Waals surface area contributed by atoms with Gasteiger partial charge in [0, 0.05) is 11.6 Å². The summed E-state index contributed by atoms with van der Waals surface area (Å²) in [5, 5.41) is 11.7. The van der Waals surface area contributed by atoms with E-state index in [-0.39, 0.29) is 10.6 Å². The lowest BCUT2D eigenvalue weighted by Gasteiger charge is -2.16. The number of hydrogen-bond donors (Lipinski definition) is 1. The molecule has 27 heavy (non-hydrogen) atoms. The first kappa shape index (κ1) is 19.1. The van der Waals surface area contributed by atoms with Crippen LogP contribution in [0.3, 0.4) is 0 Å². The monoisotopic (exact) mass is 400 g/mol. The van der Waals surface area contributed by atoms with Crippen LogP contribution < -0.4 is 5.32 Å². The van der Waals surface area contributed by atoms with Crippen molar-refractivity contribution in [3.63, 3.8) is 0 Å². The number of nitriles is 1. The van der Waals surface area contributed by atoms with E-state index >= 15 is 0 Å². The largest absolute Gasteiger partial charge is 0.368 e. The zero-order valence-electron chi connectivity index (χ0n) is 14.6. The molecule has 138 valence electrons. The van der Waals surface area contributed by atoms with E-state index < -0.39 is 15.1 Å². The number of fused-ring (bicyclic) bond motifs is 1. The summed E-state index contributed by atoms with van der Waals surface area (Å²) in [7, 11) is -4.00. The minimum atomic E-state index is -4.00. The van der Waals surface area contributed by atoms with Crippen LogP contribution in [0.5, 0.6) is 0 Å². The van der Waals surface area contributed by atoms with Crippen LogP contribution in [0.25, 0.3) is 11.0 Å². The number of sulfone groups is 1. The van der Waals surface area contributed by atoms with Gasteiger partial charge in [0.25, 0.3) is 0 Å². The summed E-state index contributed by atoms with van der Waals surface area (Å²) in [6.07, 6.45) is 0.815. The van der Waals surface area contributed by atoms with Crippen molar-refractivity contribution < 1.29 is 8.42 Å². The molecular weight excluding hydrogens is 384 g/mol. The molecule has 0 aliphatic rings. The van der Waals surface area contributed by atoms with E-state index in [1.165, 1.54) is 24.3 Å². The molecule has 0 aliphatic carbocycles. The molecule has 2 aromatic carbocycles. The second-order valence-corrected chi connectivity index (χ2v) is 8.35. The molecule has 1 heterocycles. The number of halogens is 1. The summed E-state index contributed by atoms with van der Waals surface area (Å²) in [4.78, 5) is 8.96. The second kappa shape index (κ2) is 7.91. The normalized spacial score (nSPS) is 12.5. The van der Waals surface area contributed by atoms with Gasteiger partial charge in [-0.1, -0.05) is 30.7 Å². The van der Waals surface area contributed by atoms with Crippen LogP contribution in [-0.2, 0) is 9.84 Å². The van der Waals surface area contributed by atoms with E-state index in [4.69, 9.17) is 11.6 Å². The van der Waals surface area contributed by atoms with Gasteiger partial charge >= 0.3 is 0 Å². The Balaban J connectivity index is 2.17. The number of aromatic nitrogens is 2. The molecule has 0 amide bonds. The third-order valence-electron chi connectivity index (χ3n) is 3.96. The van der Waals surface area contributed by atoms with Gasteiger partial charge < -0.3 is 5.32 Å². The molecule has 0 aliphatic heterocycles. The number of hydrogen-bond acceptors (Lipinski definition) is 6. The highest BCUT2D eigenvalue weighted by Crippen LogP contribution is 2.32. The van der Waals surface area contributed by atoms with E-state index in [1.54, 1.807) is 18.2 Å². The topological polar surface area (TPSA) is 95.7 Å². The van der Waals surface area contributed by atoms with E-state index in [0.29, 0.717) is 28.4 Å². The molecule has 8 heteroatoms. The van der Waals surface area contributed by atoms with Crippen molar-refractivity contribution >= 4 is 38.3 Å². The van der Waals surface area contributed by atoms with Crippen molar-refractivity contribution in [2.75, 3.05) is 11.9 Å². The predicted molar refractivity (Wildman–Crippen MR) is 105 cm³/mol. The Kier molecular flexibility index (Phi) is 5.59. The van der Waals surface area contributed by atoms with Gasteiger partial charge in [-0.2, -0.15) is 5.26 Å². The third kappa shape index (κ3) is 3.87. The van der Waals surface area contributed by atoms with E-state index in [2.05, 4.69) is 15.3 Å². The molecular formula is C19H17ClN4O2S. The summed E-state index contributed by atoms with van der Waals surface area (Å²) in [6, 6.07) is 14.8. The van der Waals surface area contributed by atoms with Crippen LogP contribution in [0, 0.1) is 11.3 Å². The highest BCUT2D eigenvalue weighted by Gasteiger charge is 2.33. The van der Waals surface area contributed by atoms with Gasteiger partial charge in [-0.05, 0) is 42.8 Å². The van der Waals surface area contributed by atoms with E-state index in [1.807, 2.05) is 19.1 Å². The number of nitrogens with zero attached hydrogens (tertiary/aromatic N) is 3. The molecule has 0 fully saturated rings. The molecule has 1 atom stereocenters. The summed E-state index contributed by atoms with van der Waals surface area (Å²) in [5.74, 6) is 0.305. The van der Waals surface area contributed by atoms with Crippen molar-refractivity contribution in [1.82, 2.24) is 9.97 Å². The first-order valence-electron chi connectivity index (χ1n) is 8.37. The van der Waals surface area contributed by atoms with Gasteiger partial charge in [0.05, 0.1) is 22.0 Å². The van der Waals surface area contributed by atoms with E-state index in [9.17, 15) is 13.7 Å². The van der Waals surface area contributed by atoms with Crippen molar-refractivity contribution in [2.45, 2.75) is 23.5 Å². The molecule has 0 spiro atoms. The molecule has 6 nitrogen and oxygen atoms in total. The minimum absolute atomic E-state index is 0.00912. The predicted octanol–water partition coefficient (Wildman–Crippen LogP) is 4.14. The Labute approximate surface area is 162 Å². The first-order valence-corrected chi connectivity index (χ1v) is 10.3. The maximum absolute atomic E-state index is 13.1. The molecule has 1 aromatic heterocycles. The summed E-state index contributed by atoms with van der Waals surface area (Å²) < 4.78 is 26.2. The quantitative estimate of drug-likeness (QED) is 0.667. The Morgan fingerprint density at radius 2 is 1.74 bits per heavy atom. The fourth-order valence-electron chi connectivity index (χ4n) is 2.61. The Morgan fingerprint density at radius 3 is 2.33 bits per heavy atom. The molecule has 0 radical (unpaired) electrons. The minimum Gasteiger partial charge on any atom is -0.368 e. The highest BCUT2D eigenvalue weighted by molar-refractivity contribution is 7.92. The molecule has 0 saturated carbocycles. The first-order chi connectivity index (χ1) is 13.0. The number of anilines is 1. The third-order valence-corrected chi connectivity index (χ3v) is 6.09. The summed E-state index contributed by atoms with van der Waals surface area (Å²) in [5.41, 5.74) is 1.25. The van der Waals surface area contributed by atoms with Gasteiger partial charge in [-0.15, -0.1) is 0 Å². The van der Waals surface area contributed by atoms with Crippen molar-refractivity contribution in [2.24, 2.45) is 0 Å². The lowest BCUT2D eigenvalue weighted by atomic mass is 10.2. The Hall–Kier alpha value is -2.69. The van der Waals surface area contributed by atoms with Crippen LogP contribution >= 0.6 is 11.6 Å². The molecule has 3 rings (SSSR count). The van der Waals surface area contributed by atoms with Crippen molar-refractivity contribution in [3.8, 4) is 6.07 Å². The Bertz CT molecular complexity index is 1110. The van der Waals surface area contributed by atoms with Gasteiger partial charge in [0.2, 0.25) is 9.84 Å². The van der Waals surface area contributed by atoms with Crippen LogP contribution in [0.2, 0.25) is 5.02 Å². The molecule has 0 saturated heterocycles. The Morgan fingerprint density at radius 1 is 1.11 bits per heavy atom. The smallest absolute Gasteiger partial charge is 0.200 e. The lowest BCUT2D eigenvalue weighted by molar-refractivity contribution is 0.590.